The Labute approximate surface area is 255 Å². The molecule has 0 aromatic heterocycles. The zero-order valence-corrected chi connectivity index (χ0v) is 26.9. The van der Waals surface area contributed by atoms with Crippen LogP contribution in [0, 0.1) is 6.92 Å². The average molecular weight is 610 g/mol. The molecule has 0 bridgehead atoms. The monoisotopic (exact) mass is 609 g/mol. The maximum atomic E-state index is 14.3. The molecule has 0 spiro atoms. The van der Waals surface area contributed by atoms with Gasteiger partial charge in [-0.2, -0.15) is 0 Å². The Morgan fingerprint density at radius 1 is 0.930 bits per heavy atom. The predicted molar refractivity (Wildman–Crippen MR) is 169 cm³/mol. The summed E-state index contributed by atoms with van der Waals surface area (Å²) in [5, 5.41) is 2.98. The number of nitrogens with zero attached hydrogens (tertiary/aromatic N) is 2. The number of para-hydroxylation sites is 2. The van der Waals surface area contributed by atoms with Crippen LogP contribution in [0.25, 0.3) is 0 Å². The number of carbonyl (C=O) groups is 2. The largest absolute Gasteiger partial charge is 0.497 e. The van der Waals surface area contributed by atoms with Gasteiger partial charge in [-0.25, -0.2) is 8.42 Å². The number of methoxy groups -OCH3 is 1. The number of anilines is 1. The molecule has 3 aromatic rings. The van der Waals surface area contributed by atoms with Crippen LogP contribution in [0.4, 0.5) is 5.69 Å². The van der Waals surface area contributed by atoms with Crippen LogP contribution in [-0.2, 0) is 26.2 Å². The van der Waals surface area contributed by atoms with Crippen molar-refractivity contribution in [3.05, 3.63) is 83.9 Å². The van der Waals surface area contributed by atoms with Crippen LogP contribution in [0.15, 0.2) is 77.7 Å². The number of ether oxygens (including phenoxy) is 2. The van der Waals surface area contributed by atoms with Gasteiger partial charge in [0.2, 0.25) is 11.8 Å². The van der Waals surface area contributed by atoms with Crippen molar-refractivity contribution in [2.45, 2.75) is 71.0 Å². The van der Waals surface area contributed by atoms with Crippen molar-refractivity contribution in [2.24, 2.45) is 0 Å². The van der Waals surface area contributed by atoms with Crippen LogP contribution in [0.1, 0.15) is 52.2 Å². The van der Waals surface area contributed by atoms with Gasteiger partial charge in [0.15, 0.2) is 0 Å². The quantitative estimate of drug-likeness (QED) is 0.281. The van der Waals surface area contributed by atoms with Crippen LogP contribution in [0.2, 0.25) is 0 Å². The Morgan fingerprint density at radius 2 is 1.56 bits per heavy atom. The third-order valence-corrected chi connectivity index (χ3v) is 8.49. The van der Waals surface area contributed by atoms with Gasteiger partial charge in [0.05, 0.1) is 24.3 Å². The molecule has 0 radical (unpaired) electrons. The van der Waals surface area contributed by atoms with E-state index in [2.05, 4.69) is 5.32 Å². The van der Waals surface area contributed by atoms with Gasteiger partial charge in [-0.1, -0.05) is 48.9 Å². The third-order valence-electron chi connectivity index (χ3n) is 6.72. The molecular weight excluding hydrogens is 566 g/mol. The number of nitrogens with one attached hydrogen (secondary N) is 1. The highest BCUT2D eigenvalue weighted by Crippen LogP contribution is 2.33. The van der Waals surface area contributed by atoms with Gasteiger partial charge in [0, 0.05) is 12.1 Å². The molecule has 0 fully saturated rings. The molecule has 0 saturated carbocycles. The maximum absolute atomic E-state index is 14.3. The number of amides is 2. The Hall–Kier alpha value is -4.05. The predicted octanol–water partition coefficient (Wildman–Crippen LogP) is 5.32. The smallest absolute Gasteiger partial charge is 0.264 e. The van der Waals surface area contributed by atoms with Gasteiger partial charge in [-0.05, 0) is 83.0 Å². The molecule has 232 valence electrons. The van der Waals surface area contributed by atoms with E-state index in [0.29, 0.717) is 24.5 Å². The lowest BCUT2D eigenvalue weighted by Crippen LogP contribution is -2.55. The molecule has 0 saturated heterocycles. The molecule has 0 aliphatic heterocycles. The summed E-state index contributed by atoms with van der Waals surface area (Å²) >= 11 is 0. The molecule has 2 amide bonds. The summed E-state index contributed by atoms with van der Waals surface area (Å²) in [5.41, 5.74) is 1.36. The zero-order valence-electron chi connectivity index (χ0n) is 26.1. The molecule has 1 N–H and O–H groups in total. The van der Waals surface area contributed by atoms with Crippen molar-refractivity contribution in [3.8, 4) is 11.5 Å². The van der Waals surface area contributed by atoms with E-state index in [-0.39, 0.29) is 23.0 Å². The van der Waals surface area contributed by atoms with E-state index in [1.165, 1.54) is 17.0 Å². The normalized spacial score (nSPS) is 12.3. The van der Waals surface area contributed by atoms with Crippen LogP contribution in [0.5, 0.6) is 11.5 Å². The number of sulfonamides is 1. The van der Waals surface area contributed by atoms with Crippen LogP contribution < -0.4 is 19.1 Å². The van der Waals surface area contributed by atoms with Crippen molar-refractivity contribution in [1.29, 1.82) is 0 Å². The molecule has 0 aliphatic rings. The Kier molecular flexibility index (Phi) is 11.2. The lowest BCUT2D eigenvalue weighted by atomic mass is 10.1. The highest BCUT2D eigenvalue weighted by atomic mass is 32.2. The number of carbonyl (C=O) groups excluding carboxylic acids is 2. The minimum atomic E-state index is -4.21. The Morgan fingerprint density at radius 3 is 2.12 bits per heavy atom. The van der Waals surface area contributed by atoms with E-state index < -0.39 is 34.1 Å². The fourth-order valence-corrected chi connectivity index (χ4v) is 6.02. The van der Waals surface area contributed by atoms with E-state index >= 15 is 0 Å². The van der Waals surface area contributed by atoms with E-state index in [0.717, 1.165) is 15.4 Å². The number of hydrogen-bond acceptors (Lipinski definition) is 6. The van der Waals surface area contributed by atoms with Crippen molar-refractivity contribution in [2.75, 3.05) is 24.6 Å². The van der Waals surface area contributed by atoms with Gasteiger partial charge >= 0.3 is 0 Å². The second-order valence-corrected chi connectivity index (χ2v) is 13.1. The van der Waals surface area contributed by atoms with Gasteiger partial charge in [-0.3, -0.25) is 13.9 Å². The zero-order chi connectivity index (χ0) is 31.8. The second kappa shape index (κ2) is 14.4. The lowest BCUT2D eigenvalue weighted by molar-refractivity contribution is -0.141. The first-order valence-corrected chi connectivity index (χ1v) is 15.8. The summed E-state index contributed by atoms with van der Waals surface area (Å²) in [6.07, 6.45) is 0.323. The summed E-state index contributed by atoms with van der Waals surface area (Å²) in [5.74, 6) is 0.128. The molecule has 0 aliphatic carbocycles. The molecule has 3 aromatic carbocycles. The standard InChI is InChI=1S/C33H43N3O6S/c1-8-28(32(38)34-33(4,5)6)35(22-25-16-18-26(41-7)19-17-25)31(37)23-36(29-12-10-11-13-30(29)42-9-2)43(39,40)27-20-14-24(3)15-21-27/h10-21,28H,8-9,22-23H2,1-7H3,(H,34,38). The molecular formula is C33H43N3O6S. The molecule has 9 nitrogen and oxygen atoms in total. The second-order valence-electron chi connectivity index (χ2n) is 11.3. The SMILES string of the molecule is CCOc1ccccc1N(CC(=O)N(Cc1ccc(OC)cc1)C(CC)C(=O)NC(C)(C)C)S(=O)(=O)c1ccc(C)cc1. The summed E-state index contributed by atoms with van der Waals surface area (Å²) in [6.45, 7) is 10.9. The topological polar surface area (TPSA) is 105 Å². The van der Waals surface area contributed by atoms with Gasteiger partial charge in [0.25, 0.3) is 10.0 Å². The maximum Gasteiger partial charge on any atom is 0.264 e. The van der Waals surface area contributed by atoms with Gasteiger partial charge in [-0.15, -0.1) is 0 Å². The minimum absolute atomic E-state index is 0.0384. The summed E-state index contributed by atoms with van der Waals surface area (Å²) in [6, 6.07) is 19.5. The number of hydrogen-bond donors (Lipinski definition) is 1. The third kappa shape index (κ3) is 8.73. The summed E-state index contributed by atoms with van der Waals surface area (Å²) in [7, 11) is -2.65. The van der Waals surface area contributed by atoms with Gasteiger partial charge < -0.3 is 19.7 Å². The van der Waals surface area contributed by atoms with Crippen LogP contribution in [0.3, 0.4) is 0 Å². The molecule has 1 atom stereocenters. The first-order chi connectivity index (χ1) is 20.3. The highest BCUT2D eigenvalue weighted by molar-refractivity contribution is 7.92. The first-order valence-electron chi connectivity index (χ1n) is 14.4. The van der Waals surface area contributed by atoms with Crippen molar-refractivity contribution in [3.63, 3.8) is 0 Å². The van der Waals surface area contributed by atoms with Crippen molar-refractivity contribution < 1.29 is 27.5 Å². The minimum Gasteiger partial charge on any atom is -0.497 e. The molecule has 0 heterocycles. The molecule has 1 unspecified atom stereocenters. The van der Waals surface area contributed by atoms with E-state index in [4.69, 9.17) is 9.47 Å². The van der Waals surface area contributed by atoms with Crippen LogP contribution in [-0.4, -0.2) is 57.0 Å². The molecule has 3 rings (SSSR count). The Bertz CT molecular complexity index is 1480. The number of aryl methyl sites for hydroxylation is 1. The Balaban J connectivity index is 2.12. The van der Waals surface area contributed by atoms with E-state index in [9.17, 15) is 18.0 Å². The van der Waals surface area contributed by atoms with Crippen molar-refractivity contribution >= 4 is 27.5 Å². The fourth-order valence-electron chi connectivity index (χ4n) is 4.59. The fraction of sp³-hybridized carbons (Fsp3) is 0.394. The van der Waals surface area contributed by atoms with E-state index in [1.54, 1.807) is 62.6 Å². The average Bonchev–Trinajstić information content (AvgIpc) is 2.96. The first kappa shape index (κ1) is 33.5. The summed E-state index contributed by atoms with van der Waals surface area (Å²) in [4.78, 5) is 29.3. The lowest BCUT2D eigenvalue weighted by Gasteiger charge is -2.35. The summed E-state index contributed by atoms with van der Waals surface area (Å²) < 4.78 is 40.4. The number of benzene rings is 3. The van der Waals surface area contributed by atoms with Crippen LogP contribution >= 0.6 is 0 Å². The van der Waals surface area contributed by atoms with Crippen molar-refractivity contribution in [1.82, 2.24) is 10.2 Å². The molecule has 10 heteroatoms. The van der Waals surface area contributed by atoms with E-state index in [1.807, 2.05) is 46.8 Å². The molecule has 43 heavy (non-hydrogen) atoms. The highest BCUT2D eigenvalue weighted by Gasteiger charge is 2.35. The van der Waals surface area contributed by atoms with Gasteiger partial charge in [0.1, 0.15) is 24.1 Å². The number of rotatable bonds is 13.